The van der Waals surface area contributed by atoms with Crippen molar-refractivity contribution in [3.63, 3.8) is 0 Å². The van der Waals surface area contributed by atoms with E-state index in [4.69, 9.17) is 11.6 Å². The summed E-state index contributed by atoms with van der Waals surface area (Å²) < 4.78 is 25.8. The lowest BCUT2D eigenvalue weighted by molar-refractivity contribution is 0.0169. The molecule has 12 heavy (non-hydrogen) atoms. The largest absolute Gasteiger partial charge is 0.272 e. The van der Waals surface area contributed by atoms with Gasteiger partial charge in [0.2, 0.25) is 0 Å². The van der Waals surface area contributed by atoms with Crippen molar-refractivity contribution in [3.8, 4) is 0 Å². The maximum atomic E-state index is 12.9. The zero-order valence-corrected chi connectivity index (χ0v) is 7.62. The summed E-state index contributed by atoms with van der Waals surface area (Å²) in [5.41, 5.74) is 0.446. The molecule has 3 heteroatoms. The molecule has 0 saturated carbocycles. The molecular formula is C9H9ClF2. The van der Waals surface area contributed by atoms with E-state index in [-0.39, 0.29) is 10.6 Å². The normalized spacial score (nSPS) is 11.8. The van der Waals surface area contributed by atoms with Crippen molar-refractivity contribution in [2.24, 2.45) is 0 Å². The summed E-state index contributed by atoms with van der Waals surface area (Å²) in [7, 11) is 0. The van der Waals surface area contributed by atoms with Crippen molar-refractivity contribution in [3.05, 3.63) is 34.3 Å². The number of hydrogen-bond acceptors (Lipinski definition) is 0. The molecule has 1 aromatic carbocycles. The highest BCUT2D eigenvalue weighted by Crippen LogP contribution is 2.34. The first-order chi connectivity index (χ1) is 5.43. The van der Waals surface area contributed by atoms with Gasteiger partial charge in [0.25, 0.3) is 5.92 Å². The van der Waals surface area contributed by atoms with E-state index < -0.39 is 5.92 Å². The molecule has 0 radical (unpaired) electrons. The van der Waals surface area contributed by atoms with Gasteiger partial charge in [-0.05, 0) is 18.6 Å². The van der Waals surface area contributed by atoms with Crippen LogP contribution in [-0.4, -0.2) is 0 Å². The van der Waals surface area contributed by atoms with E-state index in [9.17, 15) is 8.78 Å². The lowest BCUT2D eigenvalue weighted by atomic mass is 10.0. The molecule has 0 atom stereocenters. The van der Waals surface area contributed by atoms with Gasteiger partial charge in [-0.25, -0.2) is 8.78 Å². The van der Waals surface area contributed by atoms with Crippen LogP contribution >= 0.6 is 11.6 Å². The highest BCUT2D eigenvalue weighted by molar-refractivity contribution is 6.31. The van der Waals surface area contributed by atoms with Gasteiger partial charge in [0, 0.05) is 17.5 Å². The molecule has 0 spiro atoms. The average molecular weight is 191 g/mol. The minimum atomic E-state index is -2.86. The smallest absolute Gasteiger partial charge is 0.202 e. The lowest BCUT2D eigenvalue weighted by Gasteiger charge is -2.14. The highest BCUT2D eigenvalue weighted by atomic mass is 35.5. The van der Waals surface area contributed by atoms with Crippen LogP contribution in [0.5, 0.6) is 0 Å². The van der Waals surface area contributed by atoms with Crippen molar-refractivity contribution < 1.29 is 8.78 Å². The molecule has 0 amide bonds. The van der Waals surface area contributed by atoms with Crippen molar-refractivity contribution >= 4 is 11.6 Å². The molecule has 1 aromatic rings. The summed E-state index contributed by atoms with van der Waals surface area (Å²) in [6.45, 7) is 2.47. The number of hydrogen-bond donors (Lipinski definition) is 0. The van der Waals surface area contributed by atoms with E-state index in [2.05, 4.69) is 0 Å². The van der Waals surface area contributed by atoms with Gasteiger partial charge in [-0.15, -0.1) is 0 Å². The van der Waals surface area contributed by atoms with Crippen molar-refractivity contribution in [1.82, 2.24) is 0 Å². The quantitative estimate of drug-likeness (QED) is 0.633. The standard InChI is InChI=1S/C9H9ClF2/c1-6-4-3-5-7(10)8(6)9(2,11)12/h3-5H,1-2H3. The molecule has 1 rings (SSSR count). The summed E-state index contributed by atoms with van der Waals surface area (Å²) in [4.78, 5) is 0. The molecule has 0 heterocycles. The summed E-state index contributed by atoms with van der Waals surface area (Å²) in [6.07, 6.45) is 0. The van der Waals surface area contributed by atoms with Gasteiger partial charge in [-0.1, -0.05) is 23.7 Å². The van der Waals surface area contributed by atoms with Crippen LogP contribution in [0.15, 0.2) is 18.2 Å². The fraction of sp³-hybridized carbons (Fsp3) is 0.333. The van der Waals surface area contributed by atoms with Gasteiger partial charge in [0.15, 0.2) is 0 Å². The summed E-state index contributed by atoms with van der Waals surface area (Å²) >= 11 is 5.63. The molecule has 0 aliphatic heterocycles. The van der Waals surface area contributed by atoms with Gasteiger partial charge in [-0.3, -0.25) is 0 Å². The Hall–Kier alpha value is -0.630. The predicted octanol–water partition coefficient (Wildman–Crippen LogP) is 3.76. The first-order valence-corrected chi connectivity index (χ1v) is 3.94. The zero-order chi connectivity index (χ0) is 9.35. The molecular weight excluding hydrogens is 182 g/mol. The van der Waals surface area contributed by atoms with Crippen molar-refractivity contribution in [1.29, 1.82) is 0 Å². The number of benzene rings is 1. The Morgan fingerprint density at radius 1 is 1.33 bits per heavy atom. The number of rotatable bonds is 1. The Morgan fingerprint density at radius 2 is 1.92 bits per heavy atom. The Kier molecular flexibility index (Phi) is 2.38. The third-order valence-corrected chi connectivity index (χ3v) is 1.98. The second-order valence-corrected chi connectivity index (χ2v) is 3.23. The molecule has 0 N–H and O–H groups in total. The topological polar surface area (TPSA) is 0 Å². The fourth-order valence-electron chi connectivity index (χ4n) is 1.19. The predicted molar refractivity (Wildman–Crippen MR) is 45.8 cm³/mol. The molecule has 0 bridgehead atoms. The van der Waals surface area contributed by atoms with Gasteiger partial charge >= 0.3 is 0 Å². The molecule has 0 nitrogen and oxygen atoms in total. The van der Waals surface area contributed by atoms with Gasteiger partial charge in [0.1, 0.15) is 0 Å². The Labute approximate surface area is 75.2 Å². The van der Waals surface area contributed by atoms with Crippen molar-refractivity contribution in [2.75, 3.05) is 0 Å². The van der Waals surface area contributed by atoms with E-state index in [0.29, 0.717) is 5.56 Å². The summed E-state index contributed by atoms with van der Waals surface area (Å²) in [5.74, 6) is -2.86. The molecule has 0 unspecified atom stereocenters. The Bertz CT molecular complexity index is 269. The maximum absolute atomic E-state index is 12.9. The number of alkyl halides is 2. The zero-order valence-electron chi connectivity index (χ0n) is 6.87. The number of aryl methyl sites for hydroxylation is 1. The van der Waals surface area contributed by atoms with Crippen LogP contribution in [0.4, 0.5) is 8.78 Å². The monoisotopic (exact) mass is 190 g/mol. The van der Waals surface area contributed by atoms with Crippen LogP contribution in [0.2, 0.25) is 5.02 Å². The average Bonchev–Trinajstić information content (AvgIpc) is 1.82. The van der Waals surface area contributed by atoms with Crippen LogP contribution < -0.4 is 0 Å². The van der Waals surface area contributed by atoms with Gasteiger partial charge in [-0.2, -0.15) is 0 Å². The molecule has 0 saturated heterocycles. The molecule has 0 aliphatic rings. The SMILES string of the molecule is Cc1cccc(Cl)c1C(C)(F)F. The first-order valence-electron chi connectivity index (χ1n) is 3.56. The van der Waals surface area contributed by atoms with Gasteiger partial charge < -0.3 is 0 Å². The van der Waals surface area contributed by atoms with E-state index in [1.807, 2.05) is 0 Å². The van der Waals surface area contributed by atoms with Crippen LogP contribution in [0.3, 0.4) is 0 Å². The van der Waals surface area contributed by atoms with E-state index in [1.54, 1.807) is 19.1 Å². The summed E-state index contributed by atoms with van der Waals surface area (Å²) in [5, 5.41) is 0.127. The second kappa shape index (κ2) is 3.02. The van der Waals surface area contributed by atoms with E-state index in [0.717, 1.165) is 6.92 Å². The van der Waals surface area contributed by atoms with Crippen LogP contribution in [0, 0.1) is 6.92 Å². The Balaban J connectivity index is 3.31. The first kappa shape index (κ1) is 9.46. The fourth-order valence-corrected chi connectivity index (χ4v) is 1.58. The minimum Gasteiger partial charge on any atom is -0.202 e. The molecule has 0 aromatic heterocycles. The molecule has 66 valence electrons. The minimum absolute atomic E-state index is 0.0772. The second-order valence-electron chi connectivity index (χ2n) is 2.82. The van der Waals surface area contributed by atoms with Crippen LogP contribution in [0.1, 0.15) is 18.1 Å². The van der Waals surface area contributed by atoms with Crippen LogP contribution in [0.25, 0.3) is 0 Å². The highest BCUT2D eigenvalue weighted by Gasteiger charge is 2.28. The molecule has 0 fully saturated rings. The maximum Gasteiger partial charge on any atom is 0.272 e. The third kappa shape index (κ3) is 1.75. The lowest BCUT2D eigenvalue weighted by Crippen LogP contribution is -2.09. The Morgan fingerprint density at radius 3 is 2.25 bits per heavy atom. The van der Waals surface area contributed by atoms with Crippen LogP contribution in [-0.2, 0) is 5.92 Å². The molecule has 0 aliphatic carbocycles. The third-order valence-electron chi connectivity index (χ3n) is 1.66. The van der Waals surface area contributed by atoms with E-state index >= 15 is 0 Å². The summed E-state index contributed by atoms with van der Waals surface area (Å²) in [6, 6.07) is 4.76. The van der Waals surface area contributed by atoms with Gasteiger partial charge in [0.05, 0.1) is 0 Å². The van der Waals surface area contributed by atoms with E-state index in [1.165, 1.54) is 6.07 Å². The van der Waals surface area contributed by atoms with Crippen molar-refractivity contribution in [2.45, 2.75) is 19.8 Å². The number of halogens is 3.